The first-order valence-electron chi connectivity index (χ1n) is 5.04. The molecule has 0 aliphatic rings. The Balaban J connectivity index is 2.87. The van der Waals surface area contributed by atoms with Crippen LogP contribution in [0.25, 0.3) is 0 Å². The molecule has 2 N–H and O–H groups in total. The van der Waals surface area contributed by atoms with Crippen molar-refractivity contribution in [3.05, 3.63) is 23.5 Å². The van der Waals surface area contributed by atoms with Crippen LogP contribution in [0, 0.1) is 0 Å². The molecule has 5 heteroatoms. The summed E-state index contributed by atoms with van der Waals surface area (Å²) in [5, 5.41) is 11.4. The minimum Gasteiger partial charge on any atom is -0.394 e. The highest BCUT2D eigenvalue weighted by Crippen LogP contribution is 2.08. The van der Waals surface area contributed by atoms with Crippen molar-refractivity contribution in [2.24, 2.45) is 7.05 Å². The summed E-state index contributed by atoms with van der Waals surface area (Å²) in [5.41, 5.74) is 0.912. The molecule has 1 aromatic rings. The van der Waals surface area contributed by atoms with Gasteiger partial charge < -0.3 is 15.0 Å². The number of aliphatic hydroxyl groups is 1. The third-order valence-corrected chi connectivity index (χ3v) is 2.30. The Morgan fingerprint density at radius 2 is 2.19 bits per heavy atom. The number of aliphatic hydroxyl groups excluding tert-OH is 1. The molecule has 0 bridgehead atoms. The number of rotatable bonds is 4. The molecule has 0 aliphatic heterocycles. The monoisotopic (exact) mass is 224 g/mol. The molecule has 0 fully saturated rings. The van der Waals surface area contributed by atoms with E-state index in [0.717, 1.165) is 0 Å². The molecule has 1 atom stereocenters. The van der Waals surface area contributed by atoms with Crippen LogP contribution in [-0.2, 0) is 7.05 Å². The van der Waals surface area contributed by atoms with Gasteiger partial charge in [-0.25, -0.2) is 0 Å². The maximum absolute atomic E-state index is 11.7. The fraction of sp³-hybridized carbons (Fsp3) is 0.455. The number of hydrogen-bond acceptors (Lipinski definition) is 3. The standard InChI is InChI=1S/C11H16N2O3/c1-7(6-14)12-11(16)10-4-9(8(2)15)5-13(10)3/h4-5,7,14H,6H2,1-3H3,(H,12,16)/t7-/m1/s1. The summed E-state index contributed by atoms with van der Waals surface area (Å²) < 4.78 is 1.59. The lowest BCUT2D eigenvalue weighted by Gasteiger charge is -2.10. The van der Waals surface area contributed by atoms with Crippen LogP contribution in [-0.4, -0.2) is 34.0 Å². The Kier molecular flexibility index (Phi) is 3.84. The quantitative estimate of drug-likeness (QED) is 0.724. The van der Waals surface area contributed by atoms with Crippen LogP contribution in [0.3, 0.4) is 0 Å². The molecule has 1 heterocycles. The highest BCUT2D eigenvalue weighted by molar-refractivity contribution is 5.99. The molecular weight excluding hydrogens is 208 g/mol. The van der Waals surface area contributed by atoms with Crippen LogP contribution < -0.4 is 5.32 Å². The molecule has 16 heavy (non-hydrogen) atoms. The van der Waals surface area contributed by atoms with Crippen molar-refractivity contribution in [3.63, 3.8) is 0 Å². The van der Waals surface area contributed by atoms with E-state index in [9.17, 15) is 9.59 Å². The van der Waals surface area contributed by atoms with Gasteiger partial charge in [0, 0.05) is 24.8 Å². The highest BCUT2D eigenvalue weighted by Gasteiger charge is 2.15. The second-order valence-corrected chi connectivity index (χ2v) is 3.84. The Morgan fingerprint density at radius 1 is 1.56 bits per heavy atom. The van der Waals surface area contributed by atoms with Crippen molar-refractivity contribution in [2.45, 2.75) is 19.9 Å². The average molecular weight is 224 g/mol. The molecule has 0 unspecified atom stereocenters. The number of nitrogens with zero attached hydrogens (tertiary/aromatic N) is 1. The number of nitrogens with one attached hydrogen (secondary N) is 1. The summed E-state index contributed by atoms with van der Waals surface area (Å²) in [6, 6.07) is 1.24. The lowest BCUT2D eigenvalue weighted by atomic mass is 10.2. The second-order valence-electron chi connectivity index (χ2n) is 3.84. The smallest absolute Gasteiger partial charge is 0.268 e. The van der Waals surface area contributed by atoms with Crippen LogP contribution >= 0.6 is 0 Å². The van der Waals surface area contributed by atoms with Gasteiger partial charge in [-0.15, -0.1) is 0 Å². The molecule has 0 saturated heterocycles. The summed E-state index contributed by atoms with van der Waals surface area (Å²) in [6.45, 7) is 3.04. The maximum Gasteiger partial charge on any atom is 0.268 e. The summed E-state index contributed by atoms with van der Waals surface area (Å²) in [7, 11) is 1.70. The van der Waals surface area contributed by atoms with Gasteiger partial charge in [0.2, 0.25) is 0 Å². The molecule has 5 nitrogen and oxygen atoms in total. The minimum absolute atomic E-state index is 0.0788. The Morgan fingerprint density at radius 3 is 2.62 bits per heavy atom. The van der Waals surface area contributed by atoms with Crippen molar-refractivity contribution in [1.29, 1.82) is 0 Å². The Hall–Kier alpha value is -1.62. The van der Waals surface area contributed by atoms with Crippen molar-refractivity contribution >= 4 is 11.7 Å². The first-order valence-corrected chi connectivity index (χ1v) is 5.04. The summed E-state index contributed by atoms with van der Waals surface area (Å²) in [5.74, 6) is -0.374. The predicted molar refractivity (Wildman–Crippen MR) is 59.4 cm³/mol. The molecule has 0 spiro atoms. The molecule has 0 saturated carbocycles. The number of aryl methyl sites for hydroxylation is 1. The van der Waals surface area contributed by atoms with Gasteiger partial charge in [0.05, 0.1) is 6.61 Å². The molecule has 0 aromatic carbocycles. The van der Waals surface area contributed by atoms with Crippen molar-refractivity contribution in [3.8, 4) is 0 Å². The van der Waals surface area contributed by atoms with Gasteiger partial charge in [0.15, 0.2) is 5.78 Å². The Bertz CT molecular complexity index is 409. The first kappa shape index (κ1) is 12.4. The van der Waals surface area contributed by atoms with Gasteiger partial charge in [0.25, 0.3) is 5.91 Å². The van der Waals surface area contributed by atoms with E-state index >= 15 is 0 Å². The third-order valence-electron chi connectivity index (χ3n) is 2.30. The second kappa shape index (κ2) is 4.94. The average Bonchev–Trinajstić information content (AvgIpc) is 2.60. The van der Waals surface area contributed by atoms with Gasteiger partial charge in [-0.2, -0.15) is 0 Å². The topological polar surface area (TPSA) is 71.3 Å². The molecule has 0 aliphatic carbocycles. The fourth-order valence-electron chi connectivity index (χ4n) is 1.33. The maximum atomic E-state index is 11.7. The summed E-state index contributed by atoms with van der Waals surface area (Å²) >= 11 is 0. The van der Waals surface area contributed by atoms with E-state index in [1.165, 1.54) is 6.92 Å². The molecule has 1 amide bonds. The van der Waals surface area contributed by atoms with E-state index in [1.807, 2.05) is 0 Å². The molecule has 88 valence electrons. The van der Waals surface area contributed by atoms with E-state index in [2.05, 4.69) is 5.32 Å². The largest absolute Gasteiger partial charge is 0.394 e. The number of aromatic nitrogens is 1. The highest BCUT2D eigenvalue weighted by atomic mass is 16.3. The van der Waals surface area contributed by atoms with E-state index in [-0.39, 0.29) is 24.3 Å². The van der Waals surface area contributed by atoms with Gasteiger partial charge in [-0.1, -0.05) is 0 Å². The SMILES string of the molecule is CC(=O)c1cc(C(=O)N[C@H](C)CO)n(C)c1. The Labute approximate surface area is 94.1 Å². The number of carbonyl (C=O) groups is 2. The van der Waals surface area contributed by atoms with Crippen molar-refractivity contribution in [2.75, 3.05) is 6.61 Å². The van der Waals surface area contributed by atoms with Crippen LogP contribution in [0.4, 0.5) is 0 Å². The normalized spacial score (nSPS) is 12.2. The summed E-state index contributed by atoms with van der Waals surface area (Å²) in [4.78, 5) is 22.8. The minimum atomic E-state index is -0.303. The van der Waals surface area contributed by atoms with Gasteiger partial charge in [-0.3, -0.25) is 9.59 Å². The lowest BCUT2D eigenvalue weighted by Crippen LogP contribution is -2.35. The van der Waals surface area contributed by atoms with E-state index in [1.54, 1.807) is 30.8 Å². The third kappa shape index (κ3) is 2.70. The van der Waals surface area contributed by atoms with Gasteiger partial charge >= 0.3 is 0 Å². The number of Topliss-reactive ketones (excluding diaryl/α,β-unsaturated/α-hetero) is 1. The first-order chi connectivity index (χ1) is 7.45. The number of hydrogen-bond donors (Lipinski definition) is 2. The predicted octanol–water partition coefficient (Wildman–Crippen LogP) is 0.338. The zero-order valence-corrected chi connectivity index (χ0v) is 9.65. The van der Waals surface area contributed by atoms with Crippen LogP contribution in [0.2, 0.25) is 0 Å². The van der Waals surface area contributed by atoms with E-state index in [0.29, 0.717) is 11.3 Å². The van der Waals surface area contributed by atoms with Crippen LogP contribution in [0.5, 0.6) is 0 Å². The molecule has 1 rings (SSSR count). The number of ketones is 1. The summed E-state index contributed by atoms with van der Waals surface area (Å²) in [6.07, 6.45) is 1.61. The molecular formula is C11H16N2O3. The fourth-order valence-corrected chi connectivity index (χ4v) is 1.33. The van der Waals surface area contributed by atoms with Crippen LogP contribution in [0.15, 0.2) is 12.3 Å². The number of amides is 1. The zero-order valence-electron chi connectivity index (χ0n) is 9.65. The zero-order chi connectivity index (χ0) is 12.3. The molecule has 0 radical (unpaired) electrons. The molecule has 1 aromatic heterocycles. The van der Waals surface area contributed by atoms with Gasteiger partial charge in [-0.05, 0) is 19.9 Å². The van der Waals surface area contributed by atoms with Gasteiger partial charge in [0.1, 0.15) is 5.69 Å². The van der Waals surface area contributed by atoms with Crippen molar-refractivity contribution < 1.29 is 14.7 Å². The lowest BCUT2D eigenvalue weighted by molar-refractivity contribution is 0.0914. The van der Waals surface area contributed by atoms with Crippen LogP contribution in [0.1, 0.15) is 34.7 Å². The van der Waals surface area contributed by atoms with E-state index < -0.39 is 0 Å². The van der Waals surface area contributed by atoms with Crippen molar-refractivity contribution in [1.82, 2.24) is 9.88 Å². The number of carbonyl (C=O) groups excluding carboxylic acids is 2. The van der Waals surface area contributed by atoms with E-state index in [4.69, 9.17) is 5.11 Å².